The summed E-state index contributed by atoms with van der Waals surface area (Å²) in [4.78, 5) is 35.0. The van der Waals surface area contributed by atoms with Crippen LogP contribution in [0.25, 0.3) is 0 Å². The van der Waals surface area contributed by atoms with E-state index in [0.29, 0.717) is 16.9 Å². The Morgan fingerprint density at radius 1 is 0.960 bits per heavy atom. The number of Topliss-reactive ketones (excluding diaryl/α,β-unsaturated/α-hetero) is 1. The average molecular weight is 340 g/mol. The van der Waals surface area contributed by atoms with Gasteiger partial charge in [-0.2, -0.15) is 0 Å². The van der Waals surface area contributed by atoms with Crippen LogP contribution in [0.4, 0.5) is 0 Å². The molecule has 2 N–H and O–H groups in total. The van der Waals surface area contributed by atoms with Crippen LogP contribution in [0, 0.1) is 13.8 Å². The van der Waals surface area contributed by atoms with Crippen molar-refractivity contribution in [2.75, 3.05) is 6.61 Å². The Balaban J connectivity index is 1.82. The molecule has 25 heavy (non-hydrogen) atoms. The number of ketones is 1. The van der Waals surface area contributed by atoms with E-state index in [-0.39, 0.29) is 12.4 Å². The average Bonchev–Trinajstić information content (AvgIpc) is 2.58. The smallest absolute Gasteiger partial charge is 0.276 e. The van der Waals surface area contributed by atoms with E-state index in [1.165, 1.54) is 6.92 Å². The second-order valence-corrected chi connectivity index (χ2v) is 5.69. The zero-order valence-electron chi connectivity index (χ0n) is 14.4. The van der Waals surface area contributed by atoms with E-state index in [4.69, 9.17) is 4.74 Å². The summed E-state index contributed by atoms with van der Waals surface area (Å²) >= 11 is 0. The van der Waals surface area contributed by atoms with E-state index in [1.54, 1.807) is 30.3 Å². The first-order valence-electron chi connectivity index (χ1n) is 7.77. The number of amides is 2. The highest BCUT2D eigenvalue weighted by molar-refractivity contribution is 5.96. The Bertz CT molecular complexity index is 798. The lowest BCUT2D eigenvalue weighted by molar-refractivity contribution is -0.123. The van der Waals surface area contributed by atoms with Gasteiger partial charge in [-0.25, -0.2) is 0 Å². The molecular formula is C19H20N2O4. The minimum atomic E-state index is -0.492. The molecule has 0 aliphatic rings. The molecule has 0 aliphatic carbocycles. The molecule has 130 valence electrons. The first-order chi connectivity index (χ1) is 11.9. The molecule has 0 radical (unpaired) electrons. The monoisotopic (exact) mass is 340 g/mol. The van der Waals surface area contributed by atoms with E-state index in [2.05, 4.69) is 10.9 Å². The highest BCUT2D eigenvalue weighted by atomic mass is 16.5. The number of hydrogen-bond acceptors (Lipinski definition) is 4. The molecule has 0 spiro atoms. The number of nitrogens with one attached hydrogen (secondary N) is 2. The van der Waals surface area contributed by atoms with Crippen LogP contribution in [0.3, 0.4) is 0 Å². The van der Waals surface area contributed by atoms with Crippen molar-refractivity contribution in [1.82, 2.24) is 10.9 Å². The summed E-state index contributed by atoms with van der Waals surface area (Å²) in [6.45, 7) is 4.99. The molecule has 0 aromatic heterocycles. The maximum Gasteiger partial charge on any atom is 0.276 e. The lowest BCUT2D eigenvalue weighted by atomic mass is 10.1. The molecule has 2 aromatic rings. The largest absolute Gasteiger partial charge is 0.484 e. The summed E-state index contributed by atoms with van der Waals surface area (Å²) in [6, 6.07) is 11.9. The minimum Gasteiger partial charge on any atom is -0.484 e. The summed E-state index contributed by atoms with van der Waals surface area (Å²) in [5.41, 5.74) is 7.61. The summed E-state index contributed by atoms with van der Waals surface area (Å²) in [5, 5.41) is 0. The van der Waals surface area contributed by atoms with Crippen LogP contribution in [0.2, 0.25) is 0 Å². The van der Waals surface area contributed by atoms with Gasteiger partial charge in [-0.15, -0.1) is 0 Å². The summed E-state index contributed by atoms with van der Waals surface area (Å²) < 4.78 is 5.31. The van der Waals surface area contributed by atoms with Crippen molar-refractivity contribution in [3.05, 3.63) is 64.7 Å². The van der Waals surface area contributed by atoms with E-state index in [9.17, 15) is 14.4 Å². The van der Waals surface area contributed by atoms with Gasteiger partial charge in [-0.3, -0.25) is 25.2 Å². The van der Waals surface area contributed by atoms with Crippen LogP contribution >= 0.6 is 0 Å². The molecule has 2 amide bonds. The maximum absolute atomic E-state index is 12.1. The van der Waals surface area contributed by atoms with E-state index in [1.807, 2.05) is 26.0 Å². The summed E-state index contributed by atoms with van der Waals surface area (Å²) in [6.07, 6.45) is 0. The van der Waals surface area contributed by atoms with Gasteiger partial charge in [0, 0.05) is 11.1 Å². The normalized spacial score (nSPS) is 10.0. The number of aryl methyl sites for hydroxylation is 2. The van der Waals surface area contributed by atoms with Crippen molar-refractivity contribution >= 4 is 17.6 Å². The first kappa shape index (κ1) is 18.2. The lowest BCUT2D eigenvalue weighted by Gasteiger charge is -2.10. The molecule has 0 atom stereocenters. The van der Waals surface area contributed by atoms with Gasteiger partial charge in [0.25, 0.3) is 11.8 Å². The van der Waals surface area contributed by atoms with Crippen molar-refractivity contribution in [2.24, 2.45) is 0 Å². The Kier molecular flexibility index (Phi) is 5.89. The van der Waals surface area contributed by atoms with Gasteiger partial charge < -0.3 is 4.74 Å². The van der Waals surface area contributed by atoms with Crippen LogP contribution in [0.1, 0.15) is 38.8 Å². The van der Waals surface area contributed by atoms with Gasteiger partial charge in [0.05, 0.1) is 0 Å². The standard InChI is InChI=1S/C19H20N2O4/c1-12-4-9-17(13(2)10-12)19(24)21-20-18(23)11-25-16-7-5-15(6-8-16)14(3)22/h4-10H,11H2,1-3H3,(H,20,23)(H,21,24). The van der Waals surface area contributed by atoms with Crippen LogP contribution in [-0.4, -0.2) is 24.2 Å². The van der Waals surface area contributed by atoms with Crippen molar-refractivity contribution in [3.63, 3.8) is 0 Å². The number of rotatable bonds is 5. The van der Waals surface area contributed by atoms with Crippen LogP contribution in [0.5, 0.6) is 5.75 Å². The molecule has 2 aromatic carbocycles. The number of hydrogen-bond donors (Lipinski definition) is 2. The lowest BCUT2D eigenvalue weighted by Crippen LogP contribution is -2.44. The number of ether oxygens (including phenoxy) is 1. The Morgan fingerprint density at radius 2 is 1.64 bits per heavy atom. The molecule has 0 bridgehead atoms. The van der Waals surface area contributed by atoms with Gasteiger partial charge in [-0.05, 0) is 56.7 Å². The van der Waals surface area contributed by atoms with Crippen LogP contribution in [0.15, 0.2) is 42.5 Å². The number of carbonyl (C=O) groups is 3. The van der Waals surface area contributed by atoms with Gasteiger partial charge in [0.1, 0.15) is 5.75 Å². The van der Waals surface area contributed by atoms with E-state index >= 15 is 0 Å². The van der Waals surface area contributed by atoms with Crippen LogP contribution < -0.4 is 15.6 Å². The topological polar surface area (TPSA) is 84.5 Å². The molecule has 2 rings (SSSR count). The number of carbonyl (C=O) groups excluding carboxylic acids is 3. The zero-order valence-corrected chi connectivity index (χ0v) is 14.4. The number of benzene rings is 2. The maximum atomic E-state index is 12.1. The third-order valence-corrected chi connectivity index (χ3v) is 3.57. The minimum absolute atomic E-state index is 0.0431. The predicted octanol–water partition coefficient (Wildman–Crippen LogP) is 2.35. The van der Waals surface area contributed by atoms with Gasteiger partial charge >= 0.3 is 0 Å². The third kappa shape index (κ3) is 5.17. The first-order valence-corrected chi connectivity index (χ1v) is 7.77. The Morgan fingerprint density at radius 3 is 2.24 bits per heavy atom. The van der Waals surface area contributed by atoms with Crippen LogP contribution in [-0.2, 0) is 4.79 Å². The Hall–Kier alpha value is -3.15. The highest BCUT2D eigenvalue weighted by Crippen LogP contribution is 2.12. The van der Waals surface area contributed by atoms with Crippen molar-refractivity contribution in [1.29, 1.82) is 0 Å². The molecule has 6 heteroatoms. The highest BCUT2D eigenvalue weighted by Gasteiger charge is 2.10. The molecule has 0 saturated carbocycles. The molecular weight excluding hydrogens is 320 g/mol. The Labute approximate surface area is 146 Å². The molecule has 0 heterocycles. The number of hydrazine groups is 1. The van der Waals surface area contributed by atoms with Gasteiger partial charge in [0.15, 0.2) is 12.4 Å². The van der Waals surface area contributed by atoms with Gasteiger partial charge in [0.2, 0.25) is 0 Å². The van der Waals surface area contributed by atoms with Gasteiger partial charge in [-0.1, -0.05) is 17.7 Å². The second-order valence-electron chi connectivity index (χ2n) is 5.69. The summed E-state index contributed by atoms with van der Waals surface area (Å²) in [7, 11) is 0. The fourth-order valence-corrected chi connectivity index (χ4v) is 2.23. The molecule has 0 unspecified atom stereocenters. The predicted molar refractivity (Wildman–Crippen MR) is 93.5 cm³/mol. The zero-order chi connectivity index (χ0) is 18.4. The van der Waals surface area contributed by atoms with E-state index in [0.717, 1.165) is 11.1 Å². The summed E-state index contributed by atoms with van der Waals surface area (Å²) in [5.74, 6) is -0.468. The van der Waals surface area contributed by atoms with Crippen molar-refractivity contribution in [2.45, 2.75) is 20.8 Å². The van der Waals surface area contributed by atoms with Crippen molar-refractivity contribution < 1.29 is 19.1 Å². The fraction of sp³-hybridized carbons (Fsp3) is 0.211. The second kappa shape index (κ2) is 8.10. The molecule has 6 nitrogen and oxygen atoms in total. The quantitative estimate of drug-likeness (QED) is 0.646. The molecule has 0 fully saturated rings. The third-order valence-electron chi connectivity index (χ3n) is 3.57. The fourth-order valence-electron chi connectivity index (χ4n) is 2.23. The SMILES string of the molecule is CC(=O)c1ccc(OCC(=O)NNC(=O)c2ccc(C)cc2C)cc1. The molecule has 0 saturated heterocycles. The van der Waals surface area contributed by atoms with E-state index < -0.39 is 11.8 Å². The van der Waals surface area contributed by atoms with Crippen molar-refractivity contribution in [3.8, 4) is 5.75 Å². The molecule has 0 aliphatic heterocycles.